The minimum absolute atomic E-state index is 0.0298. The predicted molar refractivity (Wildman–Crippen MR) is 120 cm³/mol. The van der Waals surface area contributed by atoms with Crippen LogP contribution in [0.25, 0.3) is 0 Å². The molecule has 0 saturated carbocycles. The number of ether oxygens (including phenoxy) is 3. The first-order chi connectivity index (χ1) is 17.2. The monoisotopic (exact) mass is 504 g/mol. The molecule has 0 bridgehead atoms. The molecule has 4 N–H and O–H groups in total. The molecular weight excluding hydrogens is 482 g/mol. The van der Waals surface area contributed by atoms with Gasteiger partial charge in [0.15, 0.2) is 18.0 Å². The summed E-state index contributed by atoms with van der Waals surface area (Å²) in [6.07, 6.45) is -3.67. The van der Waals surface area contributed by atoms with Crippen molar-refractivity contribution in [1.29, 1.82) is 5.26 Å². The highest BCUT2D eigenvalue weighted by Crippen LogP contribution is 2.35. The summed E-state index contributed by atoms with van der Waals surface area (Å²) in [6, 6.07) is 10.1. The van der Waals surface area contributed by atoms with Crippen molar-refractivity contribution in [2.45, 2.75) is 25.4 Å². The molecule has 11 nitrogen and oxygen atoms in total. The zero-order chi connectivity index (χ0) is 26.4. The molecule has 2 aromatic rings. The van der Waals surface area contributed by atoms with Crippen molar-refractivity contribution in [3.8, 4) is 11.8 Å². The number of para-hydroxylation sites is 1. The summed E-state index contributed by atoms with van der Waals surface area (Å²) < 4.78 is 40.7. The number of nitrogens with one attached hydrogen (secondary N) is 1. The van der Waals surface area contributed by atoms with Crippen molar-refractivity contribution in [2.75, 3.05) is 30.5 Å². The SMILES string of the molecule is COC(=O)c1cccc(N2CCO[C@H]([C@@H](O)C(=O)Nc3ccc(C#N)c(CN)c3)C2=O)c1OC(F)F. The number of amides is 2. The van der Waals surface area contributed by atoms with Crippen molar-refractivity contribution in [3.05, 3.63) is 53.1 Å². The second kappa shape index (κ2) is 11.5. The fraction of sp³-hybridized carbons (Fsp3) is 0.304. The van der Waals surface area contributed by atoms with Gasteiger partial charge in [0.2, 0.25) is 0 Å². The molecule has 2 amide bonds. The van der Waals surface area contributed by atoms with Crippen LogP contribution in [0.15, 0.2) is 36.4 Å². The molecule has 190 valence electrons. The maximum absolute atomic E-state index is 13.1. The predicted octanol–water partition coefficient (Wildman–Crippen LogP) is 1.14. The first-order valence-electron chi connectivity index (χ1n) is 10.5. The topological polar surface area (TPSA) is 164 Å². The van der Waals surface area contributed by atoms with Crippen LogP contribution >= 0.6 is 0 Å². The van der Waals surface area contributed by atoms with Crippen molar-refractivity contribution < 1.29 is 42.5 Å². The van der Waals surface area contributed by atoms with Crippen LogP contribution in [0.2, 0.25) is 0 Å². The first-order valence-corrected chi connectivity index (χ1v) is 10.5. The van der Waals surface area contributed by atoms with Crippen LogP contribution in [-0.4, -0.2) is 62.0 Å². The van der Waals surface area contributed by atoms with Gasteiger partial charge in [-0.2, -0.15) is 14.0 Å². The second-order valence-electron chi connectivity index (χ2n) is 7.43. The van der Waals surface area contributed by atoms with E-state index in [1.807, 2.05) is 6.07 Å². The highest BCUT2D eigenvalue weighted by Gasteiger charge is 2.40. The van der Waals surface area contributed by atoms with Gasteiger partial charge in [-0.25, -0.2) is 4.79 Å². The highest BCUT2D eigenvalue weighted by atomic mass is 19.3. The zero-order valence-corrected chi connectivity index (χ0v) is 18.9. The van der Waals surface area contributed by atoms with Gasteiger partial charge in [-0.1, -0.05) is 6.07 Å². The van der Waals surface area contributed by atoms with Crippen LogP contribution in [0.1, 0.15) is 21.5 Å². The number of nitriles is 1. The standard InChI is InChI=1S/C23H22F2N4O7/c1-34-22(33)15-3-2-4-16(18(15)36-23(24)25)29-7-8-35-19(21(29)32)17(30)20(31)28-14-6-5-12(10-26)13(9-14)11-27/h2-6,9,17,19,23,30H,7-8,11,27H2,1H3,(H,28,31)/t17-,19-/m1/s1. The second-order valence-corrected chi connectivity index (χ2v) is 7.43. The molecule has 36 heavy (non-hydrogen) atoms. The Morgan fingerprint density at radius 1 is 1.36 bits per heavy atom. The third-order valence-corrected chi connectivity index (χ3v) is 5.29. The Morgan fingerprint density at radius 3 is 2.75 bits per heavy atom. The molecule has 1 aliphatic rings. The van der Waals surface area contributed by atoms with Crippen LogP contribution in [0.3, 0.4) is 0 Å². The number of hydrogen-bond donors (Lipinski definition) is 3. The number of aliphatic hydroxyl groups is 1. The number of nitrogens with zero attached hydrogens (tertiary/aromatic N) is 2. The van der Waals surface area contributed by atoms with Gasteiger partial charge >= 0.3 is 12.6 Å². The summed E-state index contributed by atoms with van der Waals surface area (Å²) in [5, 5.41) is 22.1. The van der Waals surface area contributed by atoms with Crippen molar-refractivity contribution in [1.82, 2.24) is 0 Å². The third kappa shape index (κ3) is 5.57. The highest BCUT2D eigenvalue weighted by molar-refractivity contribution is 6.05. The molecule has 2 aromatic carbocycles. The molecule has 1 fully saturated rings. The number of hydrogen-bond acceptors (Lipinski definition) is 9. The summed E-state index contributed by atoms with van der Waals surface area (Å²) in [7, 11) is 1.05. The van der Waals surface area contributed by atoms with Gasteiger partial charge in [0, 0.05) is 18.8 Å². The Labute approximate surface area is 203 Å². The van der Waals surface area contributed by atoms with Gasteiger partial charge in [0.1, 0.15) is 5.56 Å². The number of anilines is 2. The summed E-state index contributed by atoms with van der Waals surface area (Å²) in [6.45, 7) is -3.58. The number of alkyl halides is 2. The number of methoxy groups -OCH3 is 1. The number of carbonyl (C=O) groups is 3. The van der Waals surface area contributed by atoms with Crippen LogP contribution in [0, 0.1) is 11.3 Å². The maximum Gasteiger partial charge on any atom is 0.387 e. The Hall–Kier alpha value is -4.12. The number of esters is 1. The van der Waals surface area contributed by atoms with Gasteiger partial charge in [0.25, 0.3) is 11.8 Å². The van der Waals surface area contributed by atoms with E-state index in [1.54, 1.807) is 0 Å². The Bertz CT molecular complexity index is 1200. The molecule has 1 aliphatic heterocycles. The van der Waals surface area contributed by atoms with Crippen LogP contribution in [0.4, 0.5) is 20.2 Å². The van der Waals surface area contributed by atoms with Crippen LogP contribution in [-0.2, 0) is 25.6 Å². The molecular formula is C23H22F2N4O7. The molecule has 0 unspecified atom stereocenters. The smallest absolute Gasteiger partial charge is 0.387 e. The molecule has 1 saturated heterocycles. The summed E-state index contributed by atoms with van der Waals surface area (Å²) in [5.41, 5.74) is 6.05. The van der Waals surface area contributed by atoms with Gasteiger partial charge in [-0.05, 0) is 35.9 Å². The lowest BCUT2D eigenvalue weighted by atomic mass is 10.1. The van der Waals surface area contributed by atoms with Crippen LogP contribution < -0.4 is 20.7 Å². The van der Waals surface area contributed by atoms with Gasteiger partial charge < -0.3 is 35.3 Å². The molecule has 1 heterocycles. The molecule has 3 rings (SSSR count). The zero-order valence-electron chi connectivity index (χ0n) is 18.9. The molecule has 0 radical (unpaired) electrons. The fourth-order valence-corrected chi connectivity index (χ4v) is 3.60. The Kier molecular flexibility index (Phi) is 8.49. The van der Waals surface area contributed by atoms with Crippen LogP contribution in [0.5, 0.6) is 5.75 Å². The normalized spacial score (nSPS) is 16.3. The number of halogens is 2. The average Bonchev–Trinajstić information content (AvgIpc) is 2.87. The lowest BCUT2D eigenvalue weighted by Gasteiger charge is -2.35. The Balaban J connectivity index is 1.85. The molecule has 0 aliphatic carbocycles. The molecule has 0 aromatic heterocycles. The average molecular weight is 504 g/mol. The van der Waals surface area contributed by atoms with E-state index in [4.69, 9.17) is 15.7 Å². The van der Waals surface area contributed by atoms with E-state index in [0.717, 1.165) is 12.0 Å². The van der Waals surface area contributed by atoms with Crippen molar-refractivity contribution in [3.63, 3.8) is 0 Å². The van der Waals surface area contributed by atoms with Gasteiger partial charge in [-0.3, -0.25) is 9.59 Å². The number of aliphatic hydroxyl groups excluding tert-OH is 1. The van der Waals surface area contributed by atoms with E-state index < -0.39 is 42.4 Å². The van der Waals surface area contributed by atoms with Gasteiger partial charge in [0.05, 0.1) is 31.0 Å². The number of benzene rings is 2. The minimum atomic E-state index is -3.32. The Morgan fingerprint density at radius 2 is 2.11 bits per heavy atom. The van der Waals surface area contributed by atoms with Crippen molar-refractivity contribution in [2.24, 2.45) is 5.73 Å². The number of nitrogens with two attached hydrogens (primary N) is 1. The number of carbonyl (C=O) groups excluding carboxylic acids is 3. The van der Waals surface area contributed by atoms with E-state index in [-0.39, 0.29) is 36.6 Å². The molecule has 2 atom stereocenters. The number of morpholine rings is 1. The lowest BCUT2D eigenvalue weighted by Crippen LogP contribution is -2.55. The summed E-state index contributed by atoms with van der Waals surface area (Å²) in [4.78, 5) is 38.8. The maximum atomic E-state index is 13.1. The summed E-state index contributed by atoms with van der Waals surface area (Å²) in [5.74, 6) is -3.48. The third-order valence-electron chi connectivity index (χ3n) is 5.29. The van der Waals surface area contributed by atoms with E-state index in [2.05, 4.69) is 14.8 Å². The quantitative estimate of drug-likeness (QED) is 0.447. The molecule has 13 heteroatoms. The summed E-state index contributed by atoms with van der Waals surface area (Å²) >= 11 is 0. The van der Waals surface area contributed by atoms with Crippen molar-refractivity contribution >= 4 is 29.2 Å². The van der Waals surface area contributed by atoms with E-state index in [0.29, 0.717) is 11.1 Å². The number of rotatable bonds is 8. The minimum Gasteiger partial charge on any atom is -0.465 e. The van der Waals surface area contributed by atoms with Gasteiger partial charge in [-0.15, -0.1) is 0 Å². The van der Waals surface area contributed by atoms with E-state index in [1.165, 1.54) is 36.4 Å². The molecule has 0 spiro atoms. The fourth-order valence-electron chi connectivity index (χ4n) is 3.60. The lowest BCUT2D eigenvalue weighted by molar-refractivity contribution is -0.150. The van der Waals surface area contributed by atoms with E-state index in [9.17, 15) is 28.3 Å². The van der Waals surface area contributed by atoms with E-state index >= 15 is 0 Å². The first kappa shape index (κ1) is 26.5. The largest absolute Gasteiger partial charge is 0.465 e.